The molecule has 1 aromatic carbocycles. The minimum atomic E-state index is -0.477. The number of hydrogen-bond donors (Lipinski definition) is 1. The van der Waals surface area contributed by atoms with Crippen LogP contribution in [0.4, 0.5) is 0 Å². The predicted molar refractivity (Wildman–Crippen MR) is 122 cm³/mol. The Labute approximate surface area is 185 Å². The zero-order valence-electron chi connectivity index (χ0n) is 15.8. The van der Waals surface area contributed by atoms with Crippen molar-refractivity contribution in [2.24, 2.45) is 0 Å². The number of nitrogens with zero attached hydrogens (tertiary/aromatic N) is 2. The molecule has 0 saturated heterocycles. The summed E-state index contributed by atoms with van der Waals surface area (Å²) in [6.45, 7) is 0.362. The van der Waals surface area contributed by atoms with Gasteiger partial charge in [0.1, 0.15) is 11.2 Å². The second-order valence-corrected chi connectivity index (χ2v) is 9.01. The van der Waals surface area contributed by atoms with Gasteiger partial charge in [0.2, 0.25) is 5.91 Å². The standard InChI is InChI=1S/C21H18ClN3O3S2/c22-16-6-2-1-4-14(16)12-23-18(26)13-25-17-8-11-30-19(17)20(27)24(21(25)28)9-7-15-5-3-10-29-15/h1-6,8,10-11H,7,9,12-13H2,(H,23,26). The molecule has 9 heteroatoms. The van der Waals surface area contributed by atoms with E-state index in [2.05, 4.69) is 5.32 Å². The molecule has 4 aromatic rings. The summed E-state index contributed by atoms with van der Waals surface area (Å²) < 4.78 is 3.06. The first-order valence-corrected chi connectivity index (χ1v) is 11.4. The van der Waals surface area contributed by atoms with E-state index < -0.39 is 5.69 Å². The van der Waals surface area contributed by atoms with Crippen molar-refractivity contribution in [3.05, 3.63) is 89.5 Å². The quantitative estimate of drug-likeness (QED) is 0.459. The summed E-state index contributed by atoms with van der Waals surface area (Å²) in [4.78, 5) is 39.5. The number of aromatic nitrogens is 2. The molecule has 6 nitrogen and oxygen atoms in total. The second-order valence-electron chi connectivity index (χ2n) is 6.66. The molecule has 0 aliphatic carbocycles. The van der Waals surface area contributed by atoms with Crippen molar-refractivity contribution in [3.63, 3.8) is 0 Å². The first-order valence-electron chi connectivity index (χ1n) is 9.28. The van der Waals surface area contributed by atoms with Crippen LogP contribution in [0.25, 0.3) is 10.2 Å². The molecule has 0 atom stereocenters. The monoisotopic (exact) mass is 459 g/mol. The topological polar surface area (TPSA) is 73.1 Å². The number of carbonyl (C=O) groups is 1. The average molecular weight is 460 g/mol. The van der Waals surface area contributed by atoms with Crippen LogP contribution in [0.3, 0.4) is 0 Å². The Morgan fingerprint density at radius 2 is 1.83 bits per heavy atom. The number of halogens is 1. The number of hydrogen-bond acceptors (Lipinski definition) is 5. The fraction of sp³-hybridized carbons (Fsp3) is 0.190. The fourth-order valence-corrected chi connectivity index (χ4v) is 4.94. The van der Waals surface area contributed by atoms with E-state index >= 15 is 0 Å². The van der Waals surface area contributed by atoms with Crippen LogP contribution in [0.15, 0.2) is 62.8 Å². The van der Waals surface area contributed by atoms with E-state index in [1.54, 1.807) is 28.8 Å². The molecule has 0 saturated carbocycles. The molecular formula is C21H18ClN3O3S2. The first-order chi connectivity index (χ1) is 14.5. The summed E-state index contributed by atoms with van der Waals surface area (Å²) >= 11 is 8.99. The smallest absolute Gasteiger partial charge is 0.332 e. The van der Waals surface area contributed by atoms with Crippen LogP contribution in [-0.4, -0.2) is 15.0 Å². The van der Waals surface area contributed by atoms with E-state index in [0.717, 1.165) is 10.4 Å². The molecule has 0 bridgehead atoms. The van der Waals surface area contributed by atoms with Gasteiger partial charge in [-0.1, -0.05) is 35.9 Å². The highest BCUT2D eigenvalue weighted by atomic mass is 35.5. The minimum Gasteiger partial charge on any atom is -0.350 e. The SMILES string of the molecule is O=C(Cn1c(=O)n(CCc2cccs2)c(=O)c2sccc21)NCc1ccccc1Cl. The molecule has 0 radical (unpaired) electrons. The summed E-state index contributed by atoms with van der Waals surface area (Å²) in [5.74, 6) is -0.326. The normalized spacial score (nSPS) is 11.1. The van der Waals surface area contributed by atoms with Gasteiger partial charge in [-0.15, -0.1) is 22.7 Å². The van der Waals surface area contributed by atoms with Crippen molar-refractivity contribution in [1.82, 2.24) is 14.5 Å². The van der Waals surface area contributed by atoms with Crippen molar-refractivity contribution in [1.29, 1.82) is 0 Å². The van der Waals surface area contributed by atoms with Crippen LogP contribution < -0.4 is 16.6 Å². The molecule has 3 heterocycles. The lowest BCUT2D eigenvalue weighted by atomic mass is 10.2. The zero-order valence-corrected chi connectivity index (χ0v) is 18.2. The maximum Gasteiger partial charge on any atom is 0.332 e. The molecular weight excluding hydrogens is 442 g/mol. The Bertz CT molecular complexity index is 1310. The number of rotatable bonds is 7. The molecule has 0 aliphatic heterocycles. The lowest BCUT2D eigenvalue weighted by molar-refractivity contribution is -0.121. The van der Waals surface area contributed by atoms with Crippen LogP contribution >= 0.6 is 34.3 Å². The highest BCUT2D eigenvalue weighted by Crippen LogP contribution is 2.16. The number of amides is 1. The van der Waals surface area contributed by atoms with Gasteiger partial charge in [-0.2, -0.15) is 0 Å². The van der Waals surface area contributed by atoms with Crippen molar-refractivity contribution >= 4 is 50.4 Å². The molecule has 1 amide bonds. The van der Waals surface area contributed by atoms with Gasteiger partial charge < -0.3 is 5.32 Å². The molecule has 0 spiro atoms. The molecule has 30 heavy (non-hydrogen) atoms. The van der Waals surface area contributed by atoms with Gasteiger partial charge in [0.25, 0.3) is 5.56 Å². The molecule has 0 unspecified atom stereocenters. The van der Waals surface area contributed by atoms with Crippen molar-refractivity contribution < 1.29 is 4.79 Å². The maximum atomic E-state index is 13.1. The summed E-state index contributed by atoms with van der Waals surface area (Å²) in [6, 6.07) is 12.9. The van der Waals surface area contributed by atoms with Crippen molar-refractivity contribution in [2.45, 2.75) is 26.1 Å². The third kappa shape index (κ3) is 4.26. The van der Waals surface area contributed by atoms with E-state index in [-0.39, 0.29) is 31.1 Å². The fourth-order valence-electron chi connectivity index (χ4n) is 3.20. The number of nitrogens with one attached hydrogen (secondary N) is 1. The number of carbonyl (C=O) groups excluding carboxylic acids is 1. The largest absolute Gasteiger partial charge is 0.350 e. The molecule has 1 N–H and O–H groups in total. The highest BCUT2D eigenvalue weighted by Gasteiger charge is 2.16. The highest BCUT2D eigenvalue weighted by molar-refractivity contribution is 7.17. The van der Waals surface area contributed by atoms with Gasteiger partial charge in [0.15, 0.2) is 0 Å². The second kappa shape index (κ2) is 8.99. The van der Waals surface area contributed by atoms with Crippen LogP contribution in [0.2, 0.25) is 5.02 Å². The number of benzene rings is 1. The van der Waals surface area contributed by atoms with Crippen LogP contribution in [-0.2, 0) is 30.8 Å². The Hall–Kier alpha value is -2.68. The number of aryl methyl sites for hydroxylation is 1. The summed E-state index contributed by atoms with van der Waals surface area (Å²) in [6.07, 6.45) is 0.586. The average Bonchev–Trinajstić information content (AvgIpc) is 3.42. The molecule has 4 rings (SSSR count). The van der Waals surface area contributed by atoms with Gasteiger partial charge >= 0.3 is 5.69 Å². The van der Waals surface area contributed by atoms with E-state index in [9.17, 15) is 14.4 Å². The minimum absolute atomic E-state index is 0.171. The molecule has 154 valence electrons. The Balaban J connectivity index is 1.59. The summed E-state index contributed by atoms with van der Waals surface area (Å²) in [5.41, 5.74) is 0.487. The Morgan fingerprint density at radius 1 is 1.00 bits per heavy atom. The Morgan fingerprint density at radius 3 is 2.60 bits per heavy atom. The van der Waals surface area contributed by atoms with E-state index in [1.807, 2.05) is 35.7 Å². The van der Waals surface area contributed by atoms with Gasteiger partial charge in [0, 0.05) is 23.0 Å². The predicted octanol–water partition coefficient (Wildman–Crippen LogP) is 3.50. The summed E-state index contributed by atoms with van der Waals surface area (Å²) in [7, 11) is 0. The van der Waals surface area contributed by atoms with Gasteiger partial charge in [-0.05, 0) is 40.9 Å². The number of fused-ring (bicyclic) bond motifs is 1. The van der Waals surface area contributed by atoms with Crippen LogP contribution in [0.1, 0.15) is 10.4 Å². The van der Waals surface area contributed by atoms with Gasteiger partial charge in [-0.25, -0.2) is 4.79 Å². The van der Waals surface area contributed by atoms with Crippen molar-refractivity contribution in [3.8, 4) is 0 Å². The van der Waals surface area contributed by atoms with Gasteiger partial charge in [0.05, 0.1) is 5.52 Å². The third-order valence-electron chi connectivity index (χ3n) is 4.73. The van der Waals surface area contributed by atoms with Gasteiger partial charge in [-0.3, -0.25) is 18.7 Å². The van der Waals surface area contributed by atoms with Crippen LogP contribution in [0.5, 0.6) is 0 Å². The molecule has 0 aliphatic rings. The molecule has 0 fully saturated rings. The third-order valence-corrected chi connectivity index (χ3v) is 6.93. The lowest BCUT2D eigenvalue weighted by Gasteiger charge is -2.12. The number of thiophene rings is 2. The zero-order chi connectivity index (χ0) is 21.1. The lowest BCUT2D eigenvalue weighted by Crippen LogP contribution is -2.42. The Kier molecular flexibility index (Phi) is 6.17. The maximum absolute atomic E-state index is 13.1. The van der Waals surface area contributed by atoms with E-state index in [1.165, 1.54) is 20.5 Å². The van der Waals surface area contributed by atoms with Crippen LogP contribution in [0, 0.1) is 0 Å². The van der Waals surface area contributed by atoms with E-state index in [0.29, 0.717) is 21.7 Å². The summed E-state index contributed by atoms with van der Waals surface area (Å²) in [5, 5.41) is 7.08. The van der Waals surface area contributed by atoms with Crippen molar-refractivity contribution in [2.75, 3.05) is 0 Å². The van der Waals surface area contributed by atoms with E-state index in [4.69, 9.17) is 11.6 Å². The molecule has 3 aromatic heterocycles. The first kappa shape index (κ1) is 20.6.